The Balaban J connectivity index is 1.84. The van der Waals surface area contributed by atoms with Crippen LogP contribution in [0.15, 0.2) is 18.2 Å². The van der Waals surface area contributed by atoms with E-state index < -0.39 is 17.7 Å². The van der Waals surface area contributed by atoms with E-state index in [-0.39, 0.29) is 30.9 Å². The number of rotatable bonds is 6. The van der Waals surface area contributed by atoms with Gasteiger partial charge in [-0.05, 0) is 30.0 Å². The summed E-state index contributed by atoms with van der Waals surface area (Å²) >= 11 is 0. The van der Waals surface area contributed by atoms with Crippen LogP contribution in [0.2, 0.25) is 0 Å². The SMILES string of the molecule is COCC(O)CNC(=O)C1CC1c1ccc(F)c(F)c1. The zero-order valence-corrected chi connectivity index (χ0v) is 11.1. The maximum Gasteiger partial charge on any atom is 0.223 e. The van der Waals surface area contributed by atoms with Crippen molar-refractivity contribution in [2.45, 2.75) is 18.4 Å². The molecule has 0 saturated heterocycles. The van der Waals surface area contributed by atoms with Gasteiger partial charge in [-0.1, -0.05) is 6.07 Å². The summed E-state index contributed by atoms with van der Waals surface area (Å²) in [6.07, 6.45) is -0.138. The number of halogens is 2. The predicted molar refractivity (Wildman–Crippen MR) is 68.1 cm³/mol. The number of aliphatic hydroxyl groups is 1. The summed E-state index contributed by atoms with van der Waals surface area (Å²) in [5.74, 6) is -2.30. The molecule has 20 heavy (non-hydrogen) atoms. The fourth-order valence-electron chi connectivity index (χ4n) is 2.20. The third-order valence-corrected chi connectivity index (χ3v) is 3.37. The topological polar surface area (TPSA) is 58.6 Å². The van der Waals surface area contributed by atoms with Crippen LogP contribution >= 0.6 is 0 Å². The van der Waals surface area contributed by atoms with Gasteiger partial charge in [0.25, 0.3) is 0 Å². The number of hydrogen-bond acceptors (Lipinski definition) is 3. The number of nitrogens with one attached hydrogen (secondary N) is 1. The Morgan fingerprint density at radius 3 is 2.90 bits per heavy atom. The molecule has 110 valence electrons. The Labute approximate surface area is 115 Å². The van der Waals surface area contributed by atoms with Crippen molar-refractivity contribution in [1.29, 1.82) is 0 Å². The molecule has 1 aromatic rings. The molecule has 0 spiro atoms. The highest BCUT2D eigenvalue weighted by Crippen LogP contribution is 2.47. The van der Waals surface area contributed by atoms with Gasteiger partial charge in [0.2, 0.25) is 5.91 Å². The van der Waals surface area contributed by atoms with Gasteiger partial charge in [-0.2, -0.15) is 0 Å². The minimum atomic E-state index is -0.899. The normalized spacial score (nSPS) is 22.4. The highest BCUT2D eigenvalue weighted by atomic mass is 19.2. The van der Waals surface area contributed by atoms with Crippen LogP contribution in [0.5, 0.6) is 0 Å². The van der Waals surface area contributed by atoms with E-state index in [0.717, 1.165) is 12.1 Å². The van der Waals surface area contributed by atoms with Crippen molar-refractivity contribution in [1.82, 2.24) is 5.32 Å². The molecule has 1 aromatic carbocycles. The van der Waals surface area contributed by atoms with E-state index in [2.05, 4.69) is 5.32 Å². The number of benzene rings is 1. The molecular weight excluding hydrogens is 268 g/mol. The van der Waals surface area contributed by atoms with Gasteiger partial charge in [0, 0.05) is 19.6 Å². The summed E-state index contributed by atoms with van der Waals surface area (Å²) in [6.45, 7) is 0.269. The maximum absolute atomic E-state index is 13.1. The second kappa shape index (κ2) is 6.28. The minimum absolute atomic E-state index is 0.0790. The molecule has 1 amide bonds. The first-order valence-corrected chi connectivity index (χ1v) is 6.42. The van der Waals surface area contributed by atoms with E-state index in [1.165, 1.54) is 13.2 Å². The van der Waals surface area contributed by atoms with Crippen LogP contribution < -0.4 is 5.32 Å². The Bertz CT molecular complexity index is 495. The highest BCUT2D eigenvalue weighted by molar-refractivity contribution is 5.82. The van der Waals surface area contributed by atoms with Gasteiger partial charge in [0.1, 0.15) is 0 Å². The first kappa shape index (κ1) is 14.9. The Morgan fingerprint density at radius 2 is 2.25 bits per heavy atom. The predicted octanol–water partition coefficient (Wildman–Crippen LogP) is 1.19. The molecule has 1 aliphatic rings. The molecule has 6 heteroatoms. The van der Waals surface area contributed by atoms with E-state index in [4.69, 9.17) is 4.74 Å². The van der Waals surface area contributed by atoms with Crippen molar-refractivity contribution in [2.75, 3.05) is 20.3 Å². The molecule has 0 radical (unpaired) electrons. The van der Waals surface area contributed by atoms with Crippen LogP contribution in [-0.2, 0) is 9.53 Å². The molecule has 0 bridgehead atoms. The number of aliphatic hydroxyl groups excluding tert-OH is 1. The lowest BCUT2D eigenvalue weighted by Gasteiger charge is -2.10. The largest absolute Gasteiger partial charge is 0.389 e. The van der Waals surface area contributed by atoms with Crippen molar-refractivity contribution < 1.29 is 23.4 Å². The van der Waals surface area contributed by atoms with Gasteiger partial charge in [-0.25, -0.2) is 8.78 Å². The third kappa shape index (κ3) is 3.52. The number of ether oxygens (including phenoxy) is 1. The van der Waals surface area contributed by atoms with E-state index >= 15 is 0 Å². The van der Waals surface area contributed by atoms with E-state index in [0.29, 0.717) is 12.0 Å². The third-order valence-electron chi connectivity index (χ3n) is 3.37. The average molecular weight is 285 g/mol. The number of methoxy groups -OCH3 is 1. The van der Waals surface area contributed by atoms with Gasteiger partial charge >= 0.3 is 0 Å². The van der Waals surface area contributed by atoms with Crippen molar-refractivity contribution in [2.24, 2.45) is 5.92 Å². The lowest BCUT2D eigenvalue weighted by Crippen LogP contribution is -2.35. The van der Waals surface area contributed by atoms with Crippen molar-refractivity contribution in [3.05, 3.63) is 35.4 Å². The zero-order valence-electron chi connectivity index (χ0n) is 11.1. The molecule has 2 rings (SSSR count). The molecule has 1 saturated carbocycles. The number of hydrogen-bond donors (Lipinski definition) is 2. The number of amides is 1. The standard InChI is InChI=1S/C14H17F2NO3/c1-20-7-9(18)6-17-14(19)11-5-10(11)8-2-3-12(15)13(16)4-8/h2-4,9-11,18H,5-7H2,1H3,(H,17,19). The van der Waals surface area contributed by atoms with E-state index in [1.807, 2.05) is 0 Å². The van der Waals surface area contributed by atoms with Crippen LogP contribution in [0, 0.1) is 17.6 Å². The Kier molecular flexibility index (Phi) is 4.67. The van der Waals surface area contributed by atoms with Crippen LogP contribution in [0.3, 0.4) is 0 Å². The Morgan fingerprint density at radius 1 is 1.50 bits per heavy atom. The van der Waals surface area contributed by atoms with Crippen LogP contribution in [0.1, 0.15) is 17.9 Å². The second-order valence-electron chi connectivity index (χ2n) is 4.98. The van der Waals surface area contributed by atoms with E-state index in [9.17, 15) is 18.7 Å². The first-order chi connectivity index (χ1) is 9.52. The molecule has 0 aliphatic heterocycles. The van der Waals surface area contributed by atoms with Crippen LogP contribution in [0.4, 0.5) is 8.78 Å². The summed E-state index contributed by atoms with van der Waals surface area (Å²) in [4.78, 5) is 11.8. The van der Waals surface area contributed by atoms with Gasteiger partial charge in [-0.15, -0.1) is 0 Å². The van der Waals surface area contributed by atoms with E-state index in [1.54, 1.807) is 0 Å². The fourth-order valence-corrected chi connectivity index (χ4v) is 2.20. The molecule has 0 aromatic heterocycles. The maximum atomic E-state index is 13.1. The Hall–Kier alpha value is -1.53. The molecule has 4 nitrogen and oxygen atoms in total. The summed E-state index contributed by atoms with van der Waals surface area (Å²) in [5, 5.41) is 12.0. The van der Waals surface area contributed by atoms with Gasteiger partial charge in [0.15, 0.2) is 11.6 Å². The quantitative estimate of drug-likeness (QED) is 0.825. The molecular formula is C14H17F2NO3. The average Bonchev–Trinajstić information content (AvgIpc) is 3.20. The van der Waals surface area contributed by atoms with Crippen molar-refractivity contribution in [3.8, 4) is 0 Å². The van der Waals surface area contributed by atoms with Crippen LogP contribution in [-0.4, -0.2) is 37.4 Å². The number of carbonyl (C=O) groups excluding carboxylic acids is 1. The molecule has 1 aliphatic carbocycles. The van der Waals surface area contributed by atoms with Gasteiger partial charge in [-0.3, -0.25) is 4.79 Å². The lowest BCUT2D eigenvalue weighted by atomic mass is 10.1. The second-order valence-corrected chi connectivity index (χ2v) is 4.98. The molecule has 3 atom stereocenters. The zero-order chi connectivity index (χ0) is 14.7. The molecule has 2 N–H and O–H groups in total. The molecule has 1 fully saturated rings. The summed E-state index contributed by atoms with van der Waals surface area (Å²) in [6, 6.07) is 3.70. The number of carbonyl (C=O) groups is 1. The van der Waals surface area contributed by atoms with Gasteiger partial charge in [0.05, 0.1) is 12.7 Å². The molecule has 0 heterocycles. The fraction of sp³-hybridized carbons (Fsp3) is 0.500. The summed E-state index contributed by atoms with van der Waals surface area (Å²) in [5.41, 5.74) is 0.626. The molecule has 3 unspecified atom stereocenters. The smallest absolute Gasteiger partial charge is 0.223 e. The highest BCUT2D eigenvalue weighted by Gasteiger charge is 2.44. The van der Waals surface area contributed by atoms with Crippen molar-refractivity contribution >= 4 is 5.91 Å². The lowest BCUT2D eigenvalue weighted by molar-refractivity contribution is -0.123. The van der Waals surface area contributed by atoms with Gasteiger partial charge < -0.3 is 15.2 Å². The van der Waals surface area contributed by atoms with Crippen LogP contribution in [0.25, 0.3) is 0 Å². The van der Waals surface area contributed by atoms with Crippen molar-refractivity contribution in [3.63, 3.8) is 0 Å². The first-order valence-electron chi connectivity index (χ1n) is 6.42. The summed E-state index contributed by atoms with van der Waals surface area (Å²) in [7, 11) is 1.46. The summed E-state index contributed by atoms with van der Waals surface area (Å²) < 4.78 is 30.7. The monoisotopic (exact) mass is 285 g/mol. The minimum Gasteiger partial charge on any atom is -0.389 e.